The summed E-state index contributed by atoms with van der Waals surface area (Å²) < 4.78 is 23.5. The minimum atomic E-state index is -3.75. The summed E-state index contributed by atoms with van der Waals surface area (Å²) in [7, 11) is -3.75. The van der Waals surface area contributed by atoms with E-state index in [1.165, 1.54) is 12.1 Å². The minimum Gasteiger partial charge on any atom is -0.389 e. The lowest BCUT2D eigenvalue weighted by molar-refractivity contribution is 0.598. The molecule has 5 nitrogen and oxygen atoms in total. The number of hydrogen-bond donors (Lipinski definition) is 3. The number of rotatable bonds is 4. The van der Waals surface area contributed by atoms with E-state index in [0.29, 0.717) is 16.9 Å². The highest BCUT2D eigenvalue weighted by Crippen LogP contribution is 2.28. The summed E-state index contributed by atoms with van der Waals surface area (Å²) in [4.78, 5) is 0.256. The van der Waals surface area contributed by atoms with Gasteiger partial charge in [-0.1, -0.05) is 24.4 Å². The van der Waals surface area contributed by atoms with Gasteiger partial charge in [-0.3, -0.25) is 0 Å². The molecule has 0 saturated heterocycles. The number of anilines is 2. The first kappa shape index (κ1) is 15.9. The van der Waals surface area contributed by atoms with Crippen LogP contribution in [0.3, 0.4) is 0 Å². The van der Waals surface area contributed by atoms with Crippen LogP contribution in [0, 0.1) is 0 Å². The fourth-order valence-electron chi connectivity index (χ4n) is 1.79. The molecule has 0 radical (unpaired) electrons. The van der Waals surface area contributed by atoms with Crippen LogP contribution in [-0.4, -0.2) is 13.4 Å². The van der Waals surface area contributed by atoms with Crippen molar-refractivity contribution in [2.45, 2.75) is 4.90 Å². The highest BCUT2D eigenvalue weighted by molar-refractivity contribution is 9.10. The Morgan fingerprint density at radius 3 is 2.48 bits per heavy atom. The summed E-state index contributed by atoms with van der Waals surface area (Å²) in [5.41, 5.74) is 7.60. The predicted molar refractivity (Wildman–Crippen MR) is 91.1 cm³/mol. The van der Waals surface area contributed by atoms with Crippen LogP contribution in [-0.2, 0) is 10.0 Å². The molecule has 0 bridgehead atoms. The monoisotopic (exact) mass is 385 g/mol. The molecule has 0 amide bonds. The van der Waals surface area contributed by atoms with Crippen LogP contribution in [0.5, 0.6) is 0 Å². The lowest BCUT2D eigenvalue weighted by Gasteiger charge is -2.13. The van der Waals surface area contributed by atoms with Crippen molar-refractivity contribution in [1.82, 2.24) is 0 Å². The second-order valence-corrected chi connectivity index (χ2v) is 7.08. The second kappa shape index (κ2) is 6.10. The number of sulfonamides is 1. The number of primary sulfonamides is 1. The van der Waals surface area contributed by atoms with Crippen molar-refractivity contribution in [2.75, 3.05) is 5.32 Å². The third-order valence-electron chi connectivity index (χ3n) is 2.70. The number of hydrogen-bond acceptors (Lipinski definition) is 4. The van der Waals surface area contributed by atoms with E-state index in [-0.39, 0.29) is 9.88 Å². The van der Waals surface area contributed by atoms with E-state index in [2.05, 4.69) is 21.2 Å². The van der Waals surface area contributed by atoms with Crippen LogP contribution in [0.2, 0.25) is 0 Å². The molecule has 110 valence electrons. The maximum atomic E-state index is 11.4. The maximum Gasteiger partial charge on any atom is 0.238 e. The lowest BCUT2D eigenvalue weighted by atomic mass is 10.1. The second-order valence-electron chi connectivity index (χ2n) is 4.22. The van der Waals surface area contributed by atoms with Gasteiger partial charge in [0, 0.05) is 21.4 Å². The molecular weight excluding hydrogens is 374 g/mol. The first-order chi connectivity index (χ1) is 9.79. The van der Waals surface area contributed by atoms with Crippen molar-refractivity contribution < 1.29 is 8.42 Å². The first-order valence-corrected chi connectivity index (χ1v) is 8.52. The fourth-order valence-corrected chi connectivity index (χ4v) is 3.28. The van der Waals surface area contributed by atoms with Crippen molar-refractivity contribution >= 4 is 54.5 Å². The van der Waals surface area contributed by atoms with Crippen LogP contribution in [0.1, 0.15) is 5.56 Å². The van der Waals surface area contributed by atoms with Gasteiger partial charge in [0.05, 0.1) is 4.90 Å². The van der Waals surface area contributed by atoms with Gasteiger partial charge in [0.2, 0.25) is 10.0 Å². The number of thiocarbonyl (C=S) groups is 1. The third-order valence-corrected chi connectivity index (χ3v) is 4.48. The van der Waals surface area contributed by atoms with E-state index in [4.69, 9.17) is 23.1 Å². The normalized spacial score (nSPS) is 11.1. The Balaban J connectivity index is 2.44. The molecule has 21 heavy (non-hydrogen) atoms. The van der Waals surface area contributed by atoms with Gasteiger partial charge in [0.1, 0.15) is 4.99 Å². The molecule has 0 fully saturated rings. The Hall–Kier alpha value is -1.48. The Labute approximate surface area is 136 Å². The summed E-state index contributed by atoms with van der Waals surface area (Å²) >= 11 is 8.41. The molecular formula is C13H12BrN3O2S2. The molecule has 2 rings (SSSR count). The smallest absolute Gasteiger partial charge is 0.238 e. The lowest BCUT2D eigenvalue weighted by Crippen LogP contribution is -2.14. The number of halogens is 1. The zero-order chi connectivity index (χ0) is 15.6. The average molecular weight is 386 g/mol. The Morgan fingerprint density at radius 2 is 1.86 bits per heavy atom. The zero-order valence-corrected chi connectivity index (χ0v) is 13.9. The SMILES string of the molecule is NC(=S)c1c(Br)cccc1Nc1cccc(S(N)(=O)=O)c1. The molecule has 0 heterocycles. The molecule has 0 aliphatic rings. The predicted octanol–water partition coefficient (Wildman–Crippen LogP) is 2.47. The van der Waals surface area contributed by atoms with Crippen LogP contribution in [0.25, 0.3) is 0 Å². The van der Waals surface area contributed by atoms with Crippen molar-refractivity contribution in [3.63, 3.8) is 0 Å². The van der Waals surface area contributed by atoms with E-state index in [9.17, 15) is 8.42 Å². The fraction of sp³-hybridized carbons (Fsp3) is 0. The van der Waals surface area contributed by atoms with Crippen molar-refractivity contribution in [2.24, 2.45) is 10.9 Å². The summed E-state index contributed by atoms with van der Waals surface area (Å²) in [6.45, 7) is 0. The Bertz CT molecular complexity index is 807. The molecule has 5 N–H and O–H groups in total. The topological polar surface area (TPSA) is 98.2 Å². The van der Waals surface area contributed by atoms with Crippen LogP contribution in [0.4, 0.5) is 11.4 Å². The zero-order valence-electron chi connectivity index (χ0n) is 10.7. The van der Waals surface area contributed by atoms with Crippen LogP contribution in [0.15, 0.2) is 51.8 Å². The molecule has 8 heteroatoms. The molecule has 0 saturated carbocycles. The summed E-state index contributed by atoms with van der Waals surface area (Å²) in [6.07, 6.45) is 0. The minimum absolute atomic E-state index is 0.0272. The largest absolute Gasteiger partial charge is 0.389 e. The molecule has 2 aromatic rings. The Kier molecular flexibility index (Phi) is 4.62. The van der Waals surface area contributed by atoms with E-state index < -0.39 is 10.0 Å². The van der Waals surface area contributed by atoms with Gasteiger partial charge < -0.3 is 11.1 Å². The number of benzene rings is 2. The quantitative estimate of drug-likeness (QED) is 0.702. The van der Waals surface area contributed by atoms with Crippen LogP contribution >= 0.6 is 28.1 Å². The Morgan fingerprint density at radius 1 is 1.19 bits per heavy atom. The maximum absolute atomic E-state index is 11.4. The summed E-state index contributed by atoms with van der Waals surface area (Å²) in [5, 5.41) is 8.21. The third kappa shape index (κ3) is 3.79. The standard InChI is InChI=1S/C13H12BrN3O2S2/c14-10-5-2-6-11(12(10)13(15)20)17-8-3-1-4-9(7-8)21(16,18)19/h1-7,17H,(H2,15,20)(H2,16,18,19). The van der Waals surface area contributed by atoms with Gasteiger partial charge in [-0.2, -0.15) is 0 Å². The van der Waals surface area contributed by atoms with Gasteiger partial charge >= 0.3 is 0 Å². The van der Waals surface area contributed by atoms with Crippen LogP contribution < -0.4 is 16.2 Å². The molecule has 0 aliphatic heterocycles. The highest BCUT2D eigenvalue weighted by Gasteiger charge is 2.11. The molecule has 0 spiro atoms. The molecule has 0 atom stereocenters. The van der Waals surface area contributed by atoms with Crippen molar-refractivity contribution in [1.29, 1.82) is 0 Å². The van der Waals surface area contributed by atoms with E-state index in [0.717, 1.165) is 4.47 Å². The molecule has 0 unspecified atom stereocenters. The molecule has 2 aromatic carbocycles. The van der Waals surface area contributed by atoms with Gasteiger partial charge in [-0.15, -0.1) is 0 Å². The van der Waals surface area contributed by atoms with Crippen molar-refractivity contribution in [3.8, 4) is 0 Å². The summed E-state index contributed by atoms with van der Waals surface area (Å²) in [6, 6.07) is 11.6. The number of nitrogens with one attached hydrogen (secondary N) is 1. The van der Waals surface area contributed by atoms with E-state index in [1.807, 2.05) is 12.1 Å². The van der Waals surface area contributed by atoms with Gasteiger partial charge in [-0.05, 0) is 46.3 Å². The van der Waals surface area contributed by atoms with Gasteiger partial charge in [0.15, 0.2) is 0 Å². The molecule has 0 aromatic heterocycles. The summed E-state index contributed by atoms with van der Waals surface area (Å²) in [5.74, 6) is 0. The highest BCUT2D eigenvalue weighted by atomic mass is 79.9. The first-order valence-electron chi connectivity index (χ1n) is 5.77. The van der Waals surface area contributed by atoms with Crippen molar-refractivity contribution in [3.05, 3.63) is 52.5 Å². The average Bonchev–Trinajstić information content (AvgIpc) is 2.37. The number of nitrogens with two attached hydrogens (primary N) is 2. The molecule has 0 aliphatic carbocycles. The van der Waals surface area contributed by atoms with E-state index in [1.54, 1.807) is 18.2 Å². The van der Waals surface area contributed by atoms with Gasteiger partial charge in [-0.25, -0.2) is 13.6 Å². The van der Waals surface area contributed by atoms with Gasteiger partial charge in [0.25, 0.3) is 0 Å². The van der Waals surface area contributed by atoms with E-state index >= 15 is 0 Å².